The Morgan fingerprint density at radius 2 is 2.23 bits per heavy atom. The highest BCUT2D eigenvalue weighted by Crippen LogP contribution is 2.36. The zero-order chi connectivity index (χ0) is 15.9. The van der Waals surface area contributed by atoms with E-state index in [1.807, 2.05) is 11.6 Å². The number of hydrogen-bond acceptors (Lipinski definition) is 2. The van der Waals surface area contributed by atoms with Crippen molar-refractivity contribution in [2.75, 3.05) is 13.6 Å². The first-order valence-electron chi connectivity index (χ1n) is 7.11. The fourth-order valence-electron chi connectivity index (χ4n) is 3.07. The molecule has 0 saturated heterocycles. The minimum absolute atomic E-state index is 0.0476. The van der Waals surface area contributed by atoms with Gasteiger partial charge >= 0.3 is 0 Å². The van der Waals surface area contributed by atoms with Gasteiger partial charge in [-0.2, -0.15) is 0 Å². The first kappa shape index (κ1) is 15.6. The van der Waals surface area contributed by atoms with Gasteiger partial charge in [0.2, 0.25) is 0 Å². The third-order valence-electron chi connectivity index (χ3n) is 4.13. The van der Waals surface area contributed by atoms with Crippen LogP contribution < -0.4 is 5.32 Å². The number of halogens is 3. The number of hydrogen-bond donors (Lipinski definition) is 2. The Morgan fingerprint density at radius 3 is 2.95 bits per heavy atom. The molecule has 1 aromatic carbocycles. The van der Waals surface area contributed by atoms with E-state index in [0.29, 0.717) is 17.7 Å². The van der Waals surface area contributed by atoms with E-state index in [0.717, 1.165) is 24.4 Å². The van der Waals surface area contributed by atoms with Gasteiger partial charge in [-0.3, -0.25) is 0 Å². The summed E-state index contributed by atoms with van der Waals surface area (Å²) in [6.07, 6.45) is 1.36. The number of fused-ring (bicyclic) bond motifs is 1. The molecule has 0 amide bonds. The molecule has 0 aliphatic carbocycles. The van der Waals surface area contributed by atoms with Gasteiger partial charge in [-0.15, -0.1) is 0 Å². The summed E-state index contributed by atoms with van der Waals surface area (Å²) in [7, 11) is 1.88. The average molecular weight is 344 g/mol. The molecule has 0 bridgehead atoms. The maximum Gasteiger partial charge on any atom is 0.177 e. The first-order valence-corrected chi connectivity index (χ1v) is 7.90. The predicted octanol–water partition coefficient (Wildman–Crippen LogP) is 3.58. The minimum atomic E-state index is -0.663. The molecule has 2 heterocycles. The third kappa shape index (κ3) is 2.59. The topological polar surface area (TPSA) is 32.8 Å². The molecule has 2 aromatic rings. The normalized spacial score (nSPS) is 17.0. The number of imidazole rings is 1. The number of nitrogens with one attached hydrogen (secondary N) is 2. The molecule has 0 fully saturated rings. The van der Waals surface area contributed by atoms with Crippen LogP contribution in [0.1, 0.15) is 22.9 Å². The summed E-state index contributed by atoms with van der Waals surface area (Å²) in [6, 6.07) is 2.46. The van der Waals surface area contributed by atoms with Gasteiger partial charge in [0.15, 0.2) is 4.77 Å². The Labute approximate surface area is 137 Å². The fourth-order valence-corrected chi connectivity index (χ4v) is 3.54. The van der Waals surface area contributed by atoms with E-state index in [2.05, 4.69) is 10.3 Å². The van der Waals surface area contributed by atoms with Crippen molar-refractivity contribution in [2.24, 2.45) is 0 Å². The number of likely N-dealkylation sites (N-methyl/N-ethyl adjacent to an activating group) is 1. The quantitative estimate of drug-likeness (QED) is 0.657. The van der Waals surface area contributed by atoms with Crippen molar-refractivity contribution in [1.82, 2.24) is 14.9 Å². The third-order valence-corrected chi connectivity index (χ3v) is 4.75. The standard InChI is InChI=1S/C15H16ClF2N3S/c1-19-5-4-11-12-6-8(7-21(12)15(22)20-11)13-10(17)3-2-9(16)14(13)18/h2-3,8,19H,4-7H2,1H3,(H,20,22)/t8-/m1/s1. The Kier molecular flexibility index (Phi) is 4.34. The summed E-state index contributed by atoms with van der Waals surface area (Å²) in [5.74, 6) is -1.49. The van der Waals surface area contributed by atoms with Crippen molar-refractivity contribution in [3.63, 3.8) is 0 Å². The number of aromatic amines is 1. The molecule has 0 spiro atoms. The molecule has 22 heavy (non-hydrogen) atoms. The molecule has 118 valence electrons. The summed E-state index contributed by atoms with van der Waals surface area (Å²) in [4.78, 5) is 3.19. The van der Waals surface area contributed by atoms with E-state index in [1.54, 1.807) is 0 Å². The smallest absolute Gasteiger partial charge is 0.177 e. The zero-order valence-electron chi connectivity index (χ0n) is 12.0. The van der Waals surface area contributed by atoms with E-state index < -0.39 is 11.6 Å². The van der Waals surface area contributed by atoms with Crippen molar-refractivity contribution in [3.05, 3.63) is 50.5 Å². The number of rotatable bonds is 4. The SMILES string of the molecule is CNCCc1[nH]c(=S)n2c1C[C@@H](c1c(F)ccc(Cl)c1F)C2. The molecule has 3 nitrogen and oxygen atoms in total. The summed E-state index contributed by atoms with van der Waals surface area (Å²) in [5.41, 5.74) is 2.12. The molecule has 1 atom stereocenters. The second kappa shape index (κ2) is 6.10. The van der Waals surface area contributed by atoms with Crippen LogP contribution in [0.15, 0.2) is 12.1 Å². The Morgan fingerprint density at radius 1 is 1.45 bits per heavy atom. The lowest BCUT2D eigenvalue weighted by molar-refractivity contribution is 0.513. The van der Waals surface area contributed by atoms with Crippen LogP contribution in [-0.2, 0) is 19.4 Å². The Hall–Kier alpha value is -1.24. The number of benzene rings is 1. The van der Waals surface area contributed by atoms with Crippen molar-refractivity contribution in [1.29, 1.82) is 0 Å². The highest BCUT2D eigenvalue weighted by atomic mass is 35.5. The number of H-pyrrole nitrogens is 1. The second-order valence-corrected chi connectivity index (χ2v) is 6.27. The molecule has 3 rings (SSSR count). The van der Waals surface area contributed by atoms with Gasteiger partial charge in [0, 0.05) is 42.4 Å². The highest BCUT2D eigenvalue weighted by Gasteiger charge is 2.31. The molecule has 0 unspecified atom stereocenters. The van der Waals surface area contributed by atoms with Crippen molar-refractivity contribution in [3.8, 4) is 0 Å². The molecule has 0 radical (unpaired) electrons. The van der Waals surface area contributed by atoms with Crippen LogP contribution in [0.2, 0.25) is 5.02 Å². The lowest BCUT2D eigenvalue weighted by atomic mass is 9.95. The van der Waals surface area contributed by atoms with E-state index in [-0.39, 0.29) is 16.5 Å². The summed E-state index contributed by atoms with van der Waals surface area (Å²) in [6.45, 7) is 1.28. The van der Waals surface area contributed by atoms with E-state index in [4.69, 9.17) is 23.8 Å². The van der Waals surface area contributed by atoms with Crippen molar-refractivity contribution >= 4 is 23.8 Å². The molecule has 0 saturated carbocycles. The van der Waals surface area contributed by atoms with Crippen LogP contribution >= 0.6 is 23.8 Å². The van der Waals surface area contributed by atoms with Gasteiger partial charge < -0.3 is 14.9 Å². The van der Waals surface area contributed by atoms with Crippen LogP contribution in [0, 0.1) is 16.4 Å². The summed E-state index contributed by atoms with van der Waals surface area (Å²) < 4.78 is 30.8. The number of nitrogens with zero attached hydrogens (tertiary/aromatic N) is 1. The largest absolute Gasteiger partial charge is 0.334 e. The summed E-state index contributed by atoms with van der Waals surface area (Å²) >= 11 is 11.1. The van der Waals surface area contributed by atoms with Crippen LogP contribution in [0.3, 0.4) is 0 Å². The molecule has 7 heteroatoms. The van der Waals surface area contributed by atoms with Gasteiger partial charge in [0.05, 0.1) is 5.02 Å². The van der Waals surface area contributed by atoms with E-state index >= 15 is 0 Å². The first-order chi connectivity index (χ1) is 10.5. The lowest BCUT2D eigenvalue weighted by Crippen LogP contribution is -2.12. The van der Waals surface area contributed by atoms with Crippen molar-refractivity contribution in [2.45, 2.75) is 25.3 Å². The zero-order valence-corrected chi connectivity index (χ0v) is 13.6. The number of aromatic nitrogens is 2. The van der Waals surface area contributed by atoms with E-state index in [9.17, 15) is 8.78 Å². The van der Waals surface area contributed by atoms with Crippen LogP contribution in [-0.4, -0.2) is 23.1 Å². The minimum Gasteiger partial charge on any atom is -0.334 e. The monoisotopic (exact) mass is 343 g/mol. The van der Waals surface area contributed by atoms with E-state index in [1.165, 1.54) is 12.1 Å². The van der Waals surface area contributed by atoms with Crippen LogP contribution in [0.25, 0.3) is 0 Å². The molecule has 1 aliphatic heterocycles. The molecular weight excluding hydrogens is 328 g/mol. The maximum atomic E-state index is 14.2. The lowest BCUT2D eigenvalue weighted by Gasteiger charge is -2.13. The Bertz CT molecular complexity index is 769. The van der Waals surface area contributed by atoms with Crippen LogP contribution in [0.4, 0.5) is 8.78 Å². The van der Waals surface area contributed by atoms with Gasteiger partial charge in [0.25, 0.3) is 0 Å². The maximum absolute atomic E-state index is 14.2. The second-order valence-electron chi connectivity index (χ2n) is 5.48. The summed E-state index contributed by atoms with van der Waals surface area (Å²) in [5, 5.41) is 3.04. The average Bonchev–Trinajstić information content (AvgIpc) is 3.03. The van der Waals surface area contributed by atoms with Crippen LogP contribution in [0.5, 0.6) is 0 Å². The predicted molar refractivity (Wildman–Crippen MR) is 85.1 cm³/mol. The van der Waals surface area contributed by atoms with Gasteiger partial charge in [-0.25, -0.2) is 8.78 Å². The van der Waals surface area contributed by atoms with Gasteiger partial charge in [0.1, 0.15) is 11.6 Å². The van der Waals surface area contributed by atoms with Crippen molar-refractivity contribution < 1.29 is 8.78 Å². The molecule has 2 N–H and O–H groups in total. The fraction of sp³-hybridized carbons (Fsp3) is 0.400. The molecule has 1 aliphatic rings. The molecule has 1 aromatic heterocycles. The van der Waals surface area contributed by atoms with Gasteiger partial charge in [-0.05, 0) is 37.8 Å². The van der Waals surface area contributed by atoms with Gasteiger partial charge in [-0.1, -0.05) is 11.6 Å². The molecular formula is C15H16ClF2N3S. The highest BCUT2D eigenvalue weighted by molar-refractivity contribution is 7.71. The Balaban J connectivity index is 1.95.